The van der Waals surface area contributed by atoms with E-state index in [9.17, 15) is 24.4 Å². The molecule has 1 aliphatic carbocycles. The molecule has 4 heterocycles. The van der Waals surface area contributed by atoms with Crippen LogP contribution in [-0.2, 0) is 39.9 Å². The van der Waals surface area contributed by atoms with Crippen molar-refractivity contribution in [1.82, 2.24) is 29.2 Å². The van der Waals surface area contributed by atoms with Crippen molar-refractivity contribution < 1.29 is 42.9 Å². The van der Waals surface area contributed by atoms with Crippen LogP contribution in [0.25, 0.3) is 22.3 Å². The molecule has 284 valence electrons. The Balaban J connectivity index is 1.23. The van der Waals surface area contributed by atoms with Gasteiger partial charge in [0.1, 0.15) is 12.1 Å². The lowest BCUT2D eigenvalue weighted by Gasteiger charge is -2.43. The van der Waals surface area contributed by atoms with E-state index in [1.807, 2.05) is 10.9 Å². The fraction of sp³-hybridized carbons (Fsp3) is 0.474. The molecule has 16 heteroatoms. The van der Waals surface area contributed by atoms with Crippen LogP contribution < -0.4 is 4.74 Å². The number of nitriles is 1. The largest absolute Gasteiger partial charge is 0.467 e. The maximum absolute atomic E-state index is 14.0. The Kier molecular flexibility index (Phi) is 11.6. The normalized spacial score (nSPS) is 21.9. The summed E-state index contributed by atoms with van der Waals surface area (Å²) in [5.41, 5.74) is 2.33. The summed E-state index contributed by atoms with van der Waals surface area (Å²) in [5.74, 6) is -2.13. The highest BCUT2D eigenvalue weighted by atomic mass is 16.7. The molecule has 0 bridgehead atoms. The van der Waals surface area contributed by atoms with Crippen molar-refractivity contribution in [1.29, 1.82) is 5.26 Å². The van der Waals surface area contributed by atoms with Crippen LogP contribution in [-0.4, -0.2) is 91.9 Å². The Bertz CT molecular complexity index is 2050. The van der Waals surface area contributed by atoms with Gasteiger partial charge in [-0.25, -0.2) is 19.6 Å². The molecule has 3 aromatic heterocycles. The highest BCUT2D eigenvalue weighted by Crippen LogP contribution is 2.37. The maximum atomic E-state index is 14.0. The number of aromatic nitrogens is 5. The summed E-state index contributed by atoms with van der Waals surface area (Å²) in [7, 11) is 2.83. The average Bonchev–Trinajstić information content (AvgIpc) is 3.95. The quantitative estimate of drug-likeness (QED) is 0.150. The number of benzene rings is 1. The van der Waals surface area contributed by atoms with Crippen LogP contribution in [0.3, 0.4) is 0 Å². The van der Waals surface area contributed by atoms with Gasteiger partial charge in [0, 0.05) is 55.7 Å². The van der Waals surface area contributed by atoms with Gasteiger partial charge in [-0.3, -0.25) is 18.8 Å². The molecule has 1 aromatic carbocycles. The number of ether oxygens (including phenoxy) is 5. The number of carbonyl (C=O) groups is 4. The lowest BCUT2D eigenvalue weighted by Crippen LogP contribution is -2.60. The van der Waals surface area contributed by atoms with Crippen molar-refractivity contribution in [3.63, 3.8) is 0 Å². The molecule has 6 atom stereocenters. The first kappa shape index (κ1) is 37.9. The second kappa shape index (κ2) is 16.5. The first-order valence-corrected chi connectivity index (χ1v) is 17.8. The summed E-state index contributed by atoms with van der Waals surface area (Å²) in [6.45, 7) is 4.09. The van der Waals surface area contributed by atoms with Crippen LogP contribution in [0.15, 0.2) is 55.2 Å². The van der Waals surface area contributed by atoms with Crippen molar-refractivity contribution >= 4 is 35.0 Å². The molecule has 1 saturated heterocycles. The van der Waals surface area contributed by atoms with Crippen molar-refractivity contribution in [3.05, 3.63) is 60.8 Å². The van der Waals surface area contributed by atoms with E-state index in [1.165, 1.54) is 36.8 Å². The fourth-order valence-corrected chi connectivity index (χ4v) is 7.40. The topological polar surface area (TPSA) is 190 Å². The van der Waals surface area contributed by atoms with Crippen LogP contribution >= 0.6 is 0 Å². The second-order valence-electron chi connectivity index (χ2n) is 13.6. The summed E-state index contributed by atoms with van der Waals surface area (Å²) < 4.78 is 31.6. The number of nitrogens with zero attached hydrogens (tertiary/aromatic N) is 7. The predicted molar refractivity (Wildman–Crippen MR) is 190 cm³/mol. The summed E-state index contributed by atoms with van der Waals surface area (Å²) in [6, 6.07) is 10.6. The van der Waals surface area contributed by atoms with Gasteiger partial charge in [0.25, 0.3) is 0 Å². The van der Waals surface area contributed by atoms with Gasteiger partial charge in [0.15, 0.2) is 17.9 Å². The van der Waals surface area contributed by atoms with E-state index in [0.29, 0.717) is 34.6 Å². The van der Waals surface area contributed by atoms with Gasteiger partial charge in [0.2, 0.25) is 12.4 Å². The van der Waals surface area contributed by atoms with Crippen LogP contribution in [0.4, 0.5) is 4.79 Å². The van der Waals surface area contributed by atoms with E-state index in [-0.39, 0.29) is 18.3 Å². The number of hydrogen-bond donors (Lipinski definition) is 0. The number of esters is 3. The standard InChI is InChI=1S/C38H43N7O9/c1-22-32(51-23(2)46)34(52-24(3)47)37(54-33(22)36(48)50-5)53-30-13-9-8-12-26(30)19-43(4)38(49)44-17-15-28-31(40-21-41-35(28)44)27-18-42-45(20-27)29(14-16-39)25-10-6-7-11-25/h8-9,12-13,15,17-18,20-22,25,29,32-34,37H,6-7,10-11,14,19H2,1-5H3/t22-,29+,32-,33-,34+,37+/m0/s1. The van der Waals surface area contributed by atoms with E-state index >= 15 is 0 Å². The first-order chi connectivity index (χ1) is 26.0. The van der Waals surface area contributed by atoms with Gasteiger partial charge in [0.05, 0.1) is 44.1 Å². The van der Waals surface area contributed by atoms with Crippen molar-refractivity contribution in [2.45, 2.75) is 90.1 Å². The Morgan fingerprint density at radius 3 is 2.48 bits per heavy atom. The Morgan fingerprint density at radius 2 is 1.78 bits per heavy atom. The molecule has 0 radical (unpaired) electrons. The van der Waals surface area contributed by atoms with Gasteiger partial charge < -0.3 is 28.6 Å². The van der Waals surface area contributed by atoms with E-state index in [1.54, 1.807) is 56.7 Å². The number of rotatable bonds is 11. The monoisotopic (exact) mass is 741 g/mol. The first-order valence-electron chi connectivity index (χ1n) is 17.8. The van der Waals surface area contributed by atoms with Crippen LogP contribution in [0.2, 0.25) is 0 Å². The predicted octanol–water partition coefficient (Wildman–Crippen LogP) is 4.82. The number of para-hydroxylation sites is 1. The summed E-state index contributed by atoms with van der Waals surface area (Å²) in [6.07, 6.45) is 6.58. The Morgan fingerprint density at radius 1 is 1.06 bits per heavy atom. The van der Waals surface area contributed by atoms with Gasteiger partial charge in [-0.15, -0.1) is 0 Å². The van der Waals surface area contributed by atoms with E-state index < -0.39 is 54.5 Å². The highest BCUT2D eigenvalue weighted by Gasteiger charge is 2.52. The molecular weight excluding hydrogens is 698 g/mol. The fourth-order valence-electron chi connectivity index (χ4n) is 7.40. The SMILES string of the molecule is COC(=O)[C@H]1O[C@@H](Oc2ccccc2CN(C)C(=O)n2ccc3c(-c4cnn([C@H](CC#N)C5CCCC5)c4)ncnc32)[C@H](OC(C)=O)[C@@H](OC(C)=O)[C@@H]1C. The molecule has 16 nitrogen and oxygen atoms in total. The third-order valence-electron chi connectivity index (χ3n) is 10.0. The van der Waals surface area contributed by atoms with Crippen molar-refractivity contribution in [2.75, 3.05) is 14.2 Å². The van der Waals surface area contributed by atoms with E-state index in [2.05, 4.69) is 21.1 Å². The number of fused-ring (bicyclic) bond motifs is 1. The number of amides is 1. The molecule has 2 fully saturated rings. The molecule has 2 aliphatic rings. The third-order valence-corrected chi connectivity index (χ3v) is 10.0. The zero-order valence-electron chi connectivity index (χ0n) is 30.8. The highest BCUT2D eigenvalue weighted by molar-refractivity contribution is 5.96. The van der Waals surface area contributed by atoms with Crippen LogP contribution in [0.1, 0.15) is 64.5 Å². The molecule has 1 amide bonds. The number of carbonyl (C=O) groups excluding carboxylic acids is 4. The molecular formula is C38H43N7O9. The molecule has 0 spiro atoms. The molecule has 6 rings (SSSR count). The minimum absolute atomic E-state index is 0.0133. The zero-order valence-corrected chi connectivity index (χ0v) is 30.8. The average molecular weight is 742 g/mol. The van der Waals surface area contributed by atoms with Crippen LogP contribution in [0.5, 0.6) is 5.75 Å². The van der Waals surface area contributed by atoms with E-state index in [0.717, 1.165) is 31.2 Å². The van der Waals surface area contributed by atoms with Gasteiger partial charge in [-0.05, 0) is 30.9 Å². The zero-order chi connectivity index (χ0) is 38.5. The van der Waals surface area contributed by atoms with Crippen molar-refractivity contribution in [3.8, 4) is 23.1 Å². The summed E-state index contributed by atoms with van der Waals surface area (Å²) in [5, 5.41) is 14.8. The number of hydrogen-bond acceptors (Lipinski definition) is 13. The van der Waals surface area contributed by atoms with E-state index in [4.69, 9.17) is 23.7 Å². The third kappa shape index (κ3) is 7.91. The molecule has 54 heavy (non-hydrogen) atoms. The lowest BCUT2D eigenvalue weighted by molar-refractivity contribution is -0.266. The van der Waals surface area contributed by atoms with Gasteiger partial charge in [-0.1, -0.05) is 38.0 Å². The van der Waals surface area contributed by atoms with Gasteiger partial charge in [-0.2, -0.15) is 10.4 Å². The molecule has 1 saturated carbocycles. The summed E-state index contributed by atoms with van der Waals surface area (Å²) in [4.78, 5) is 61.4. The smallest absolute Gasteiger partial charge is 0.335 e. The Hall–Kier alpha value is -5.82. The summed E-state index contributed by atoms with van der Waals surface area (Å²) >= 11 is 0. The van der Waals surface area contributed by atoms with Gasteiger partial charge >= 0.3 is 23.9 Å². The minimum Gasteiger partial charge on any atom is -0.467 e. The lowest BCUT2D eigenvalue weighted by atomic mass is 9.90. The molecule has 4 aromatic rings. The Labute approximate surface area is 311 Å². The molecule has 0 N–H and O–H groups in total. The second-order valence-corrected chi connectivity index (χ2v) is 13.6. The number of methoxy groups -OCH3 is 1. The maximum Gasteiger partial charge on any atom is 0.335 e. The molecule has 0 unspecified atom stereocenters. The van der Waals surface area contributed by atoms with Crippen LogP contribution in [0, 0.1) is 23.2 Å². The van der Waals surface area contributed by atoms with Crippen molar-refractivity contribution in [2.24, 2.45) is 11.8 Å². The molecule has 1 aliphatic heterocycles. The minimum atomic E-state index is -1.39.